The van der Waals surface area contributed by atoms with Gasteiger partial charge in [0.05, 0.1) is 13.2 Å². The third-order valence-electron chi connectivity index (χ3n) is 3.75. The van der Waals surface area contributed by atoms with Crippen molar-refractivity contribution in [3.05, 3.63) is 53.1 Å². The summed E-state index contributed by atoms with van der Waals surface area (Å²) in [6.45, 7) is 0.851. The molecule has 1 atom stereocenters. The van der Waals surface area contributed by atoms with E-state index >= 15 is 0 Å². The van der Waals surface area contributed by atoms with Crippen LogP contribution < -0.4 is 10.1 Å². The summed E-state index contributed by atoms with van der Waals surface area (Å²) in [5.74, 6) is 0.908. The Balaban J connectivity index is 2.11. The topological polar surface area (TPSA) is 61.7 Å². The number of hydrogen-bond acceptors (Lipinski definition) is 4. The summed E-state index contributed by atoms with van der Waals surface area (Å²) in [4.78, 5) is 0. The van der Waals surface area contributed by atoms with Gasteiger partial charge in [0.1, 0.15) is 5.75 Å². The van der Waals surface area contributed by atoms with Crippen LogP contribution in [0.25, 0.3) is 0 Å². The van der Waals surface area contributed by atoms with Crippen molar-refractivity contribution in [2.75, 3.05) is 13.7 Å². The van der Waals surface area contributed by atoms with Gasteiger partial charge in [0, 0.05) is 12.1 Å². The number of aromatic hydroxyl groups is 2. The third kappa shape index (κ3) is 2.08. The van der Waals surface area contributed by atoms with Crippen LogP contribution in [-0.4, -0.2) is 23.9 Å². The predicted octanol–water partition coefficient (Wildman–Crippen LogP) is 2.34. The van der Waals surface area contributed by atoms with Crippen molar-refractivity contribution in [2.24, 2.45) is 0 Å². The van der Waals surface area contributed by atoms with E-state index in [0.717, 1.165) is 29.7 Å². The average Bonchev–Trinajstić information content (AvgIpc) is 2.48. The average molecular weight is 271 g/mol. The van der Waals surface area contributed by atoms with Crippen LogP contribution in [0, 0.1) is 0 Å². The lowest BCUT2D eigenvalue weighted by Gasteiger charge is -2.28. The van der Waals surface area contributed by atoms with Crippen molar-refractivity contribution < 1.29 is 14.9 Å². The summed E-state index contributed by atoms with van der Waals surface area (Å²) in [5, 5.41) is 23.2. The summed E-state index contributed by atoms with van der Waals surface area (Å²) in [6.07, 6.45) is 0.876. The first-order chi connectivity index (χ1) is 9.70. The largest absolute Gasteiger partial charge is 0.508 e. The quantitative estimate of drug-likeness (QED) is 0.784. The fourth-order valence-corrected chi connectivity index (χ4v) is 2.74. The van der Waals surface area contributed by atoms with Gasteiger partial charge >= 0.3 is 0 Å². The molecule has 4 heteroatoms. The zero-order valence-electron chi connectivity index (χ0n) is 11.3. The summed E-state index contributed by atoms with van der Waals surface area (Å²) in [5.41, 5.74) is 2.99. The minimum Gasteiger partial charge on any atom is -0.508 e. The molecular formula is C16H17NO3. The minimum absolute atomic E-state index is 0.0885. The Bertz CT molecular complexity index is 622. The second kappa shape index (κ2) is 5.06. The first-order valence-electron chi connectivity index (χ1n) is 6.61. The SMILES string of the molecule is COc1ccc2c(c1O)C(c1ccc(O)cc1)NCC2. The summed E-state index contributed by atoms with van der Waals surface area (Å²) in [6, 6.07) is 10.7. The van der Waals surface area contributed by atoms with E-state index in [4.69, 9.17) is 4.74 Å². The van der Waals surface area contributed by atoms with Gasteiger partial charge in [-0.05, 0) is 35.7 Å². The second-order valence-corrected chi connectivity index (χ2v) is 4.92. The molecule has 4 nitrogen and oxygen atoms in total. The summed E-state index contributed by atoms with van der Waals surface area (Å²) in [7, 11) is 1.55. The fraction of sp³-hybridized carbons (Fsp3) is 0.250. The molecule has 0 saturated heterocycles. The number of benzene rings is 2. The monoisotopic (exact) mass is 271 g/mol. The zero-order valence-corrected chi connectivity index (χ0v) is 11.3. The summed E-state index contributed by atoms with van der Waals surface area (Å²) >= 11 is 0. The van der Waals surface area contributed by atoms with Crippen molar-refractivity contribution in [2.45, 2.75) is 12.5 Å². The van der Waals surface area contributed by atoms with Gasteiger partial charge in [0.2, 0.25) is 0 Å². The zero-order chi connectivity index (χ0) is 14.1. The molecule has 3 N–H and O–H groups in total. The van der Waals surface area contributed by atoms with Crippen molar-refractivity contribution in [3.63, 3.8) is 0 Å². The third-order valence-corrected chi connectivity index (χ3v) is 3.75. The van der Waals surface area contributed by atoms with Crippen LogP contribution >= 0.6 is 0 Å². The maximum Gasteiger partial charge on any atom is 0.163 e. The van der Waals surface area contributed by atoms with Crippen molar-refractivity contribution in [1.29, 1.82) is 0 Å². The van der Waals surface area contributed by atoms with E-state index in [2.05, 4.69) is 5.32 Å². The van der Waals surface area contributed by atoms with E-state index in [1.54, 1.807) is 25.3 Å². The van der Waals surface area contributed by atoms with Gasteiger partial charge in [-0.1, -0.05) is 18.2 Å². The molecule has 1 heterocycles. The van der Waals surface area contributed by atoms with Gasteiger partial charge in [-0.15, -0.1) is 0 Å². The van der Waals surface area contributed by atoms with Gasteiger partial charge in [0.25, 0.3) is 0 Å². The van der Waals surface area contributed by atoms with E-state index in [0.29, 0.717) is 5.75 Å². The van der Waals surface area contributed by atoms with Crippen molar-refractivity contribution in [1.82, 2.24) is 5.32 Å². The number of ether oxygens (including phenoxy) is 1. The van der Waals surface area contributed by atoms with Gasteiger partial charge in [-0.2, -0.15) is 0 Å². The van der Waals surface area contributed by atoms with Crippen LogP contribution in [0.15, 0.2) is 36.4 Å². The Labute approximate surface area is 117 Å². The lowest BCUT2D eigenvalue weighted by atomic mass is 9.89. The molecule has 2 aromatic carbocycles. The lowest BCUT2D eigenvalue weighted by molar-refractivity contribution is 0.365. The van der Waals surface area contributed by atoms with Crippen LogP contribution in [0.3, 0.4) is 0 Å². The Morgan fingerprint density at radius 3 is 2.55 bits per heavy atom. The fourth-order valence-electron chi connectivity index (χ4n) is 2.74. The molecule has 0 aromatic heterocycles. The number of fused-ring (bicyclic) bond motifs is 1. The second-order valence-electron chi connectivity index (χ2n) is 4.92. The Morgan fingerprint density at radius 2 is 1.85 bits per heavy atom. The molecule has 0 aliphatic carbocycles. The number of rotatable bonds is 2. The van der Waals surface area contributed by atoms with Gasteiger partial charge in [0.15, 0.2) is 11.5 Å². The molecule has 0 radical (unpaired) electrons. The Hall–Kier alpha value is -2.20. The molecule has 0 fully saturated rings. The van der Waals surface area contributed by atoms with Gasteiger partial charge in [-0.3, -0.25) is 0 Å². The lowest BCUT2D eigenvalue weighted by Crippen LogP contribution is -2.30. The van der Waals surface area contributed by atoms with E-state index in [9.17, 15) is 10.2 Å². The predicted molar refractivity (Wildman–Crippen MR) is 76.3 cm³/mol. The molecule has 0 saturated carbocycles. The highest BCUT2D eigenvalue weighted by Gasteiger charge is 2.26. The summed E-state index contributed by atoms with van der Waals surface area (Å²) < 4.78 is 5.20. The number of phenolic OH excluding ortho intramolecular Hbond substituents is 2. The highest BCUT2D eigenvalue weighted by Crippen LogP contribution is 2.40. The maximum absolute atomic E-state index is 10.4. The molecule has 0 spiro atoms. The smallest absolute Gasteiger partial charge is 0.163 e. The molecule has 104 valence electrons. The van der Waals surface area contributed by atoms with Crippen molar-refractivity contribution in [3.8, 4) is 17.2 Å². The Kier molecular flexibility index (Phi) is 3.24. The molecular weight excluding hydrogens is 254 g/mol. The number of hydrogen-bond donors (Lipinski definition) is 3. The molecule has 1 unspecified atom stereocenters. The highest BCUT2D eigenvalue weighted by atomic mass is 16.5. The van der Waals surface area contributed by atoms with Crippen LogP contribution in [0.4, 0.5) is 0 Å². The molecule has 1 aliphatic heterocycles. The van der Waals surface area contributed by atoms with Crippen molar-refractivity contribution >= 4 is 0 Å². The van der Waals surface area contributed by atoms with Gasteiger partial charge < -0.3 is 20.3 Å². The van der Waals surface area contributed by atoms with E-state index in [-0.39, 0.29) is 17.5 Å². The van der Waals surface area contributed by atoms with Crippen LogP contribution in [0.5, 0.6) is 17.2 Å². The molecule has 0 bridgehead atoms. The first kappa shape index (κ1) is 12.8. The van der Waals surface area contributed by atoms with Crippen LogP contribution in [0.2, 0.25) is 0 Å². The minimum atomic E-state index is -0.0885. The molecule has 1 aliphatic rings. The number of methoxy groups -OCH3 is 1. The first-order valence-corrected chi connectivity index (χ1v) is 6.61. The van der Waals surface area contributed by atoms with Crippen LogP contribution in [-0.2, 0) is 6.42 Å². The van der Waals surface area contributed by atoms with E-state index < -0.39 is 0 Å². The highest BCUT2D eigenvalue weighted by molar-refractivity contribution is 5.55. The Morgan fingerprint density at radius 1 is 1.10 bits per heavy atom. The standard InChI is InChI=1S/C16H17NO3/c1-20-13-7-4-10-8-9-17-15(14(10)16(13)19)11-2-5-12(18)6-3-11/h2-7,15,17-19H,8-9H2,1H3. The normalized spacial score (nSPS) is 17.6. The van der Waals surface area contributed by atoms with Gasteiger partial charge in [-0.25, -0.2) is 0 Å². The number of phenols is 2. The molecule has 2 aromatic rings. The maximum atomic E-state index is 10.4. The van der Waals surface area contributed by atoms with E-state index in [1.165, 1.54) is 0 Å². The van der Waals surface area contributed by atoms with E-state index in [1.807, 2.05) is 18.2 Å². The number of nitrogens with one attached hydrogen (secondary N) is 1. The molecule has 3 rings (SSSR count). The molecule has 0 amide bonds. The van der Waals surface area contributed by atoms with Crippen LogP contribution in [0.1, 0.15) is 22.7 Å². The molecule has 20 heavy (non-hydrogen) atoms.